The van der Waals surface area contributed by atoms with Crippen LogP contribution < -0.4 is 5.56 Å². The number of benzene rings is 1. The lowest BCUT2D eigenvalue weighted by Gasteiger charge is -2.11. The van der Waals surface area contributed by atoms with Gasteiger partial charge in [-0.1, -0.05) is 36.7 Å². The Morgan fingerprint density at radius 2 is 2.06 bits per heavy atom. The third-order valence-corrected chi connectivity index (χ3v) is 3.07. The molecule has 0 aliphatic carbocycles. The van der Waals surface area contributed by atoms with E-state index in [2.05, 4.69) is 5.16 Å². The van der Waals surface area contributed by atoms with Gasteiger partial charge in [-0.2, -0.15) is 5.16 Å². The average molecular weight is 238 g/mol. The molecule has 2 rings (SSSR count). The van der Waals surface area contributed by atoms with E-state index in [0.717, 1.165) is 5.56 Å². The molecule has 0 saturated carbocycles. The first-order valence-electron chi connectivity index (χ1n) is 5.03. The van der Waals surface area contributed by atoms with Gasteiger partial charge in [-0.25, -0.2) is 0 Å². The summed E-state index contributed by atoms with van der Waals surface area (Å²) in [5, 5.41) is 3.00. The van der Waals surface area contributed by atoms with E-state index in [4.69, 9.17) is 16.1 Å². The van der Waals surface area contributed by atoms with Crippen molar-refractivity contribution in [3.8, 4) is 0 Å². The number of halogens is 1. The predicted octanol–water partition coefficient (Wildman–Crippen LogP) is 3.08. The first-order chi connectivity index (χ1) is 7.61. The van der Waals surface area contributed by atoms with Crippen LogP contribution in [0, 0.1) is 6.92 Å². The Hall–Kier alpha value is -1.48. The van der Waals surface area contributed by atoms with Gasteiger partial charge < -0.3 is 4.52 Å². The molecule has 1 unspecified atom stereocenters. The number of H-pyrrole nitrogens is 1. The summed E-state index contributed by atoms with van der Waals surface area (Å²) < 4.78 is 5.00. The Balaban J connectivity index is 2.51. The zero-order valence-electron chi connectivity index (χ0n) is 9.08. The fraction of sp³-hybridized carbons (Fsp3) is 0.250. The highest BCUT2D eigenvalue weighted by Gasteiger charge is 2.19. The fourth-order valence-electron chi connectivity index (χ4n) is 1.88. The highest BCUT2D eigenvalue weighted by molar-refractivity contribution is 6.31. The van der Waals surface area contributed by atoms with Gasteiger partial charge in [-0.15, -0.1) is 0 Å². The molecule has 0 amide bonds. The molecule has 0 aliphatic rings. The van der Waals surface area contributed by atoms with Crippen molar-refractivity contribution in [2.45, 2.75) is 19.8 Å². The number of hydrogen-bond acceptors (Lipinski definition) is 2. The summed E-state index contributed by atoms with van der Waals surface area (Å²) in [6.07, 6.45) is 0. The Morgan fingerprint density at radius 3 is 2.62 bits per heavy atom. The van der Waals surface area contributed by atoms with Crippen molar-refractivity contribution in [3.63, 3.8) is 0 Å². The molecule has 1 N–H and O–H groups in total. The van der Waals surface area contributed by atoms with Gasteiger partial charge in [0, 0.05) is 10.9 Å². The monoisotopic (exact) mass is 237 g/mol. The maximum atomic E-state index is 11.6. The molecule has 0 saturated heterocycles. The van der Waals surface area contributed by atoms with Gasteiger partial charge in [0.2, 0.25) is 0 Å². The molecule has 0 radical (unpaired) electrons. The molecule has 1 atom stereocenters. The summed E-state index contributed by atoms with van der Waals surface area (Å²) in [6.45, 7) is 3.70. The molecule has 84 valence electrons. The number of aromatic amines is 1. The number of nitrogens with one attached hydrogen (secondary N) is 1. The number of hydrogen-bond donors (Lipinski definition) is 1. The van der Waals surface area contributed by atoms with Gasteiger partial charge in [0.25, 0.3) is 5.56 Å². The zero-order valence-corrected chi connectivity index (χ0v) is 9.84. The SMILES string of the molecule is Cc1o[nH]c(=O)c1C(C)c1ccccc1Cl. The van der Waals surface area contributed by atoms with Crippen LogP contribution in [0.4, 0.5) is 0 Å². The maximum Gasteiger partial charge on any atom is 0.283 e. The van der Waals surface area contributed by atoms with Gasteiger partial charge in [0.05, 0.1) is 5.56 Å². The lowest BCUT2D eigenvalue weighted by atomic mass is 9.94. The maximum absolute atomic E-state index is 11.6. The molecule has 1 heterocycles. The molecule has 0 fully saturated rings. The van der Waals surface area contributed by atoms with Crippen LogP contribution >= 0.6 is 11.6 Å². The highest BCUT2D eigenvalue weighted by Crippen LogP contribution is 2.29. The largest absolute Gasteiger partial charge is 0.384 e. The molecule has 0 spiro atoms. The van der Waals surface area contributed by atoms with Crippen LogP contribution in [0.25, 0.3) is 0 Å². The number of aryl methyl sites for hydroxylation is 1. The van der Waals surface area contributed by atoms with Gasteiger partial charge in [0.15, 0.2) is 0 Å². The van der Waals surface area contributed by atoms with E-state index in [9.17, 15) is 4.79 Å². The number of aromatic nitrogens is 1. The van der Waals surface area contributed by atoms with Crippen LogP contribution in [0.2, 0.25) is 5.02 Å². The molecule has 0 bridgehead atoms. The Kier molecular flexibility index (Phi) is 2.88. The van der Waals surface area contributed by atoms with Crippen LogP contribution in [0.15, 0.2) is 33.6 Å². The normalized spacial score (nSPS) is 12.7. The van der Waals surface area contributed by atoms with Crippen LogP contribution in [0.3, 0.4) is 0 Å². The minimum absolute atomic E-state index is 0.0730. The fourth-order valence-corrected chi connectivity index (χ4v) is 2.18. The summed E-state index contributed by atoms with van der Waals surface area (Å²) in [4.78, 5) is 11.6. The lowest BCUT2D eigenvalue weighted by Crippen LogP contribution is -2.11. The topological polar surface area (TPSA) is 46.0 Å². The first-order valence-corrected chi connectivity index (χ1v) is 5.41. The summed E-state index contributed by atoms with van der Waals surface area (Å²) in [5.74, 6) is 0.536. The Bertz CT molecular complexity index is 556. The van der Waals surface area contributed by atoms with Crippen LogP contribution in [-0.2, 0) is 0 Å². The van der Waals surface area contributed by atoms with Gasteiger partial charge in [0.1, 0.15) is 5.76 Å². The quantitative estimate of drug-likeness (QED) is 0.873. The first kappa shape index (κ1) is 11.0. The predicted molar refractivity (Wildman–Crippen MR) is 63.0 cm³/mol. The Labute approximate surface area is 98.0 Å². The van der Waals surface area contributed by atoms with Crippen molar-refractivity contribution >= 4 is 11.6 Å². The van der Waals surface area contributed by atoms with E-state index >= 15 is 0 Å². The standard InChI is InChI=1S/C12H12ClNO2/c1-7(9-5-3-4-6-10(9)13)11-8(2)16-14-12(11)15/h3-7H,1-2H3,(H,14,15). The molecule has 1 aromatic heterocycles. The van der Waals surface area contributed by atoms with Gasteiger partial charge >= 0.3 is 0 Å². The number of rotatable bonds is 2. The second-order valence-electron chi connectivity index (χ2n) is 3.75. The van der Waals surface area contributed by atoms with Crippen molar-refractivity contribution in [1.82, 2.24) is 5.16 Å². The van der Waals surface area contributed by atoms with E-state index in [1.54, 1.807) is 6.92 Å². The molecule has 1 aromatic carbocycles. The minimum Gasteiger partial charge on any atom is -0.384 e. The summed E-state index contributed by atoms with van der Waals surface area (Å²) in [7, 11) is 0. The smallest absolute Gasteiger partial charge is 0.283 e. The third kappa shape index (κ3) is 1.78. The van der Waals surface area contributed by atoms with Gasteiger partial charge in [-0.05, 0) is 18.6 Å². The van der Waals surface area contributed by atoms with E-state index < -0.39 is 0 Å². The minimum atomic E-state index is -0.190. The molecule has 3 nitrogen and oxygen atoms in total. The van der Waals surface area contributed by atoms with Crippen LogP contribution in [0.5, 0.6) is 0 Å². The average Bonchev–Trinajstić information content (AvgIpc) is 2.58. The van der Waals surface area contributed by atoms with Crippen molar-refractivity contribution in [2.75, 3.05) is 0 Å². The van der Waals surface area contributed by atoms with E-state index in [0.29, 0.717) is 16.3 Å². The van der Waals surface area contributed by atoms with Crippen molar-refractivity contribution in [1.29, 1.82) is 0 Å². The van der Waals surface area contributed by atoms with E-state index in [-0.39, 0.29) is 11.5 Å². The second kappa shape index (κ2) is 4.18. The van der Waals surface area contributed by atoms with Crippen molar-refractivity contribution < 1.29 is 4.52 Å². The molecular weight excluding hydrogens is 226 g/mol. The summed E-state index contributed by atoms with van der Waals surface area (Å²) in [5.41, 5.74) is 1.37. The molecular formula is C12H12ClNO2. The molecule has 16 heavy (non-hydrogen) atoms. The van der Waals surface area contributed by atoms with E-state index in [1.165, 1.54) is 0 Å². The van der Waals surface area contributed by atoms with Crippen molar-refractivity contribution in [3.05, 3.63) is 56.5 Å². The van der Waals surface area contributed by atoms with Crippen molar-refractivity contribution in [2.24, 2.45) is 0 Å². The van der Waals surface area contributed by atoms with E-state index in [1.807, 2.05) is 31.2 Å². The lowest BCUT2D eigenvalue weighted by molar-refractivity contribution is 0.391. The van der Waals surface area contributed by atoms with Crippen LogP contribution in [0.1, 0.15) is 29.7 Å². The summed E-state index contributed by atoms with van der Waals surface area (Å²) in [6, 6.07) is 7.50. The van der Waals surface area contributed by atoms with Crippen LogP contribution in [-0.4, -0.2) is 5.16 Å². The van der Waals surface area contributed by atoms with Gasteiger partial charge in [-0.3, -0.25) is 4.79 Å². The Morgan fingerprint density at radius 1 is 1.38 bits per heavy atom. The molecule has 0 aliphatic heterocycles. The molecule has 2 aromatic rings. The summed E-state index contributed by atoms with van der Waals surface area (Å²) >= 11 is 6.10. The zero-order chi connectivity index (χ0) is 11.7. The highest BCUT2D eigenvalue weighted by atomic mass is 35.5. The second-order valence-corrected chi connectivity index (χ2v) is 4.15. The third-order valence-electron chi connectivity index (χ3n) is 2.73. The molecule has 4 heteroatoms.